The molecule has 1 heterocycles. The highest BCUT2D eigenvalue weighted by Crippen LogP contribution is 2.20. The van der Waals surface area contributed by atoms with Gasteiger partial charge in [0.2, 0.25) is 5.91 Å². The SMILES string of the molecule is NCC(O)c1cccc(N2CCC(=O)N2)c1. The van der Waals surface area contributed by atoms with Crippen molar-refractivity contribution < 1.29 is 9.90 Å². The molecule has 1 atom stereocenters. The zero-order chi connectivity index (χ0) is 11.5. The molecule has 0 aliphatic carbocycles. The minimum absolute atomic E-state index is 0.0183. The Labute approximate surface area is 93.8 Å². The van der Waals surface area contributed by atoms with Gasteiger partial charge in [-0.25, -0.2) is 0 Å². The average molecular weight is 221 g/mol. The summed E-state index contributed by atoms with van der Waals surface area (Å²) in [6.45, 7) is 0.844. The maximum absolute atomic E-state index is 11.1. The zero-order valence-corrected chi connectivity index (χ0v) is 8.89. The van der Waals surface area contributed by atoms with Gasteiger partial charge in [-0.05, 0) is 17.7 Å². The second kappa shape index (κ2) is 4.51. The first kappa shape index (κ1) is 10.9. The monoisotopic (exact) mass is 221 g/mol. The summed E-state index contributed by atoms with van der Waals surface area (Å²) in [6, 6.07) is 7.38. The molecule has 1 aliphatic rings. The zero-order valence-electron chi connectivity index (χ0n) is 8.89. The van der Waals surface area contributed by atoms with E-state index < -0.39 is 6.10 Å². The summed E-state index contributed by atoms with van der Waals surface area (Å²) in [6.07, 6.45) is -0.151. The Balaban J connectivity index is 2.19. The summed E-state index contributed by atoms with van der Waals surface area (Å²) < 4.78 is 0. The number of aliphatic hydroxyl groups is 1. The van der Waals surface area contributed by atoms with E-state index in [2.05, 4.69) is 5.43 Å². The molecule has 0 aromatic heterocycles. The number of carbonyl (C=O) groups is 1. The number of nitrogens with two attached hydrogens (primary N) is 1. The highest BCUT2D eigenvalue weighted by atomic mass is 16.3. The van der Waals surface area contributed by atoms with Gasteiger partial charge in [-0.1, -0.05) is 12.1 Å². The van der Waals surface area contributed by atoms with Crippen LogP contribution < -0.4 is 16.2 Å². The van der Waals surface area contributed by atoms with Gasteiger partial charge in [-0.3, -0.25) is 15.2 Å². The summed E-state index contributed by atoms with van der Waals surface area (Å²) in [5.74, 6) is 0.0183. The van der Waals surface area contributed by atoms with Crippen molar-refractivity contribution in [1.29, 1.82) is 0 Å². The molecule has 1 aromatic carbocycles. The number of amides is 1. The fourth-order valence-electron chi connectivity index (χ4n) is 1.71. The summed E-state index contributed by atoms with van der Waals surface area (Å²) >= 11 is 0. The predicted octanol–water partition coefficient (Wildman–Crippen LogP) is -0.0800. The number of hydrazine groups is 1. The van der Waals surface area contributed by atoms with Gasteiger partial charge >= 0.3 is 0 Å². The second-order valence-corrected chi connectivity index (χ2v) is 3.78. The van der Waals surface area contributed by atoms with Gasteiger partial charge in [-0.2, -0.15) is 0 Å². The third kappa shape index (κ3) is 2.15. The van der Waals surface area contributed by atoms with Gasteiger partial charge in [0.05, 0.1) is 11.8 Å². The van der Waals surface area contributed by atoms with E-state index in [1.807, 2.05) is 24.3 Å². The first-order chi connectivity index (χ1) is 7.70. The van der Waals surface area contributed by atoms with Gasteiger partial charge < -0.3 is 10.8 Å². The minimum atomic E-state index is -0.654. The summed E-state index contributed by atoms with van der Waals surface area (Å²) in [4.78, 5) is 11.1. The van der Waals surface area contributed by atoms with Crippen LogP contribution in [0.4, 0.5) is 5.69 Å². The van der Waals surface area contributed by atoms with E-state index in [-0.39, 0.29) is 12.5 Å². The van der Waals surface area contributed by atoms with E-state index in [1.165, 1.54) is 0 Å². The fraction of sp³-hybridized carbons (Fsp3) is 0.364. The van der Waals surface area contributed by atoms with Crippen molar-refractivity contribution in [3.8, 4) is 0 Å². The number of hydrogen-bond acceptors (Lipinski definition) is 4. The number of benzene rings is 1. The summed E-state index contributed by atoms with van der Waals surface area (Å²) in [5, 5.41) is 11.4. The van der Waals surface area contributed by atoms with Gasteiger partial charge in [0.1, 0.15) is 0 Å². The molecule has 5 heteroatoms. The topological polar surface area (TPSA) is 78.6 Å². The van der Waals surface area contributed by atoms with Crippen molar-refractivity contribution in [2.45, 2.75) is 12.5 Å². The Hall–Kier alpha value is -1.59. The summed E-state index contributed by atoms with van der Waals surface area (Å²) in [5.41, 5.74) is 9.77. The number of rotatable bonds is 3. The van der Waals surface area contributed by atoms with Crippen molar-refractivity contribution in [2.75, 3.05) is 18.1 Å². The van der Waals surface area contributed by atoms with E-state index in [0.717, 1.165) is 11.3 Å². The van der Waals surface area contributed by atoms with E-state index in [1.54, 1.807) is 5.01 Å². The predicted molar refractivity (Wildman–Crippen MR) is 60.6 cm³/mol. The van der Waals surface area contributed by atoms with Crippen molar-refractivity contribution in [2.24, 2.45) is 5.73 Å². The number of anilines is 1. The maximum Gasteiger partial charge on any atom is 0.240 e. The highest BCUT2D eigenvalue weighted by molar-refractivity contribution is 5.81. The second-order valence-electron chi connectivity index (χ2n) is 3.78. The smallest absolute Gasteiger partial charge is 0.240 e. The third-order valence-corrected chi connectivity index (χ3v) is 2.61. The van der Waals surface area contributed by atoms with Crippen LogP contribution >= 0.6 is 0 Å². The Morgan fingerprint density at radius 1 is 1.56 bits per heavy atom. The first-order valence-electron chi connectivity index (χ1n) is 5.26. The number of carbonyl (C=O) groups excluding carboxylic acids is 1. The lowest BCUT2D eigenvalue weighted by atomic mass is 10.1. The van der Waals surface area contributed by atoms with Crippen molar-refractivity contribution in [3.63, 3.8) is 0 Å². The lowest BCUT2D eigenvalue weighted by molar-refractivity contribution is -0.119. The molecule has 0 spiro atoms. The van der Waals surface area contributed by atoms with Crippen molar-refractivity contribution >= 4 is 11.6 Å². The van der Waals surface area contributed by atoms with Crippen LogP contribution in [0.3, 0.4) is 0 Å². The van der Waals surface area contributed by atoms with Crippen LogP contribution in [0, 0.1) is 0 Å². The molecule has 0 saturated carbocycles. The third-order valence-electron chi connectivity index (χ3n) is 2.61. The number of nitrogens with zero attached hydrogens (tertiary/aromatic N) is 1. The molecule has 16 heavy (non-hydrogen) atoms. The molecule has 1 unspecified atom stereocenters. The van der Waals surface area contributed by atoms with Crippen LogP contribution in [0.25, 0.3) is 0 Å². The average Bonchev–Trinajstić information content (AvgIpc) is 2.75. The number of nitrogens with one attached hydrogen (secondary N) is 1. The molecule has 5 nitrogen and oxygen atoms in total. The standard InChI is InChI=1S/C11H15N3O2/c12-7-10(15)8-2-1-3-9(6-8)14-5-4-11(16)13-14/h1-3,6,10,15H,4-5,7,12H2,(H,13,16). The van der Waals surface area contributed by atoms with Crippen LogP contribution in [0.15, 0.2) is 24.3 Å². The Bertz CT molecular complexity index is 395. The van der Waals surface area contributed by atoms with Crippen LogP contribution in [-0.4, -0.2) is 24.1 Å². The molecule has 86 valence electrons. The van der Waals surface area contributed by atoms with Crippen LogP contribution in [-0.2, 0) is 4.79 Å². The molecular weight excluding hydrogens is 206 g/mol. The lowest BCUT2D eigenvalue weighted by Crippen LogP contribution is -2.33. The molecule has 2 rings (SSSR count). The summed E-state index contributed by atoms with van der Waals surface area (Å²) in [7, 11) is 0. The van der Waals surface area contributed by atoms with Gasteiger partial charge in [0.15, 0.2) is 0 Å². The number of hydrogen-bond donors (Lipinski definition) is 3. The largest absolute Gasteiger partial charge is 0.387 e. The molecule has 1 saturated heterocycles. The van der Waals surface area contributed by atoms with Gasteiger partial charge in [0, 0.05) is 19.5 Å². The molecule has 1 aromatic rings. The molecule has 1 fully saturated rings. The minimum Gasteiger partial charge on any atom is -0.387 e. The molecular formula is C11H15N3O2. The first-order valence-corrected chi connectivity index (χ1v) is 5.26. The molecule has 0 bridgehead atoms. The van der Waals surface area contributed by atoms with Crippen LogP contribution in [0.2, 0.25) is 0 Å². The number of aliphatic hydroxyl groups excluding tert-OH is 1. The molecule has 1 amide bonds. The Morgan fingerprint density at radius 3 is 3.00 bits per heavy atom. The fourth-order valence-corrected chi connectivity index (χ4v) is 1.71. The molecule has 4 N–H and O–H groups in total. The van der Waals surface area contributed by atoms with Gasteiger partial charge in [0.25, 0.3) is 0 Å². The van der Waals surface area contributed by atoms with E-state index in [0.29, 0.717) is 13.0 Å². The highest BCUT2D eigenvalue weighted by Gasteiger charge is 2.19. The van der Waals surface area contributed by atoms with Crippen LogP contribution in [0.1, 0.15) is 18.1 Å². The molecule has 0 radical (unpaired) electrons. The molecule has 1 aliphatic heterocycles. The van der Waals surface area contributed by atoms with Crippen molar-refractivity contribution in [3.05, 3.63) is 29.8 Å². The van der Waals surface area contributed by atoms with Crippen molar-refractivity contribution in [1.82, 2.24) is 5.43 Å². The lowest BCUT2D eigenvalue weighted by Gasteiger charge is -2.19. The quantitative estimate of drug-likeness (QED) is 0.667. The Kier molecular flexibility index (Phi) is 3.07. The van der Waals surface area contributed by atoms with E-state index in [9.17, 15) is 9.90 Å². The normalized spacial score (nSPS) is 17.4. The van der Waals surface area contributed by atoms with Crippen LogP contribution in [0.5, 0.6) is 0 Å². The van der Waals surface area contributed by atoms with E-state index in [4.69, 9.17) is 5.73 Å². The van der Waals surface area contributed by atoms with E-state index >= 15 is 0 Å². The Morgan fingerprint density at radius 2 is 2.38 bits per heavy atom. The van der Waals surface area contributed by atoms with Gasteiger partial charge in [-0.15, -0.1) is 0 Å². The maximum atomic E-state index is 11.1.